The highest BCUT2D eigenvalue weighted by Gasteiger charge is 2.42. The Bertz CT molecular complexity index is 577. The summed E-state index contributed by atoms with van der Waals surface area (Å²) in [5, 5.41) is 3.06. The molecule has 3 heterocycles. The second-order valence-corrected chi connectivity index (χ2v) is 5.85. The molecular weight excluding hydrogens is 284 g/mol. The van der Waals surface area contributed by atoms with Crippen LogP contribution in [0.2, 0.25) is 0 Å². The first kappa shape index (κ1) is 13.8. The van der Waals surface area contributed by atoms with Crippen molar-refractivity contribution < 1.29 is 19.0 Å². The monoisotopic (exact) mass is 304 g/mol. The van der Waals surface area contributed by atoms with Gasteiger partial charge in [-0.25, -0.2) is 0 Å². The number of ether oxygens (including phenoxy) is 3. The van der Waals surface area contributed by atoms with Crippen molar-refractivity contribution in [1.29, 1.82) is 0 Å². The van der Waals surface area contributed by atoms with Crippen molar-refractivity contribution in [2.45, 2.75) is 25.0 Å². The number of amides is 1. The summed E-state index contributed by atoms with van der Waals surface area (Å²) in [5.74, 6) is 1.59. The van der Waals surface area contributed by atoms with Crippen LogP contribution in [0.5, 0.6) is 11.5 Å². The second-order valence-electron chi connectivity index (χ2n) is 5.85. The van der Waals surface area contributed by atoms with E-state index in [1.165, 1.54) is 0 Å². The molecule has 1 aromatic carbocycles. The third-order valence-electron chi connectivity index (χ3n) is 4.42. The van der Waals surface area contributed by atoms with E-state index in [1.54, 1.807) is 0 Å². The zero-order chi connectivity index (χ0) is 14.9. The third-order valence-corrected chi connectivity index (χ3v) is 4.42. The Balaban J connectivity index is 1.62. The lowest BCUT2D eigenvalue weighted by Gasteiger charge is -2.31. The Morgan fingerprint density at radius 2 is 1.91 bits per heavy atom. The SMILES string of the molecule is O=C1NC(c2ccc3c(c2)OCCCCO3)N2CCOCC12. The molecule has 6 nitrogen and oxygen atoms in total. The standard InChI is InChI=1S/C16H20N2O4/c19-16-12-10-20-8-5-18(12)15(17-16)11-3-4-13-14(9-11)22-7-2-1-6-21-13/h3-4,9,12,15H,1-2,5-8,10H2,(H,17,19). The molecule has 3 aliphatic rings. The molecule has 0 spiro atoms. The van der Waals surface area contributed by atoms with Gasteiger partial charge in [0.15, 0.2) is 11.5 Å². The summed E-state index contributed by atoms with van der Waals surface area (Å²) in [6.07, 6.45) is 1.89. The summed E-state index contributed by atoms with van der Waals surface area (Å²) in [5.41, 5.74) is 1.03. The maximum Gasteiger partial charge on any atom is 0.241 e. The van der Waals surface area contributed by atoms with Crippen LogP contribution in [-0.2, 0) is 9.53 Å². The average molecular weight is 304 g/mol. The Morgan fingerprint density at radius 1 is 1.09 bits per heavy atom. The summed E-state index contributed by atoms with van der Waals surface area (Å²) in [4.78, 5) is 14.3. The van der Waals surface area contributed by atoms with E-state index in [-0.39, 0.29) is 18.1 Å². The lowest BCUT2D eigenvalue weighted by Crippen LogP contribution is -2.44. The van der Waals surface area contributed by atoms with Crippen LogP contribution in [0.3, 0.4) is 0 Å². The molecule has 2 fully saturated rings. The fourth-order valence-electron chi connectivity index (χ4n) is 3.24. The predicted octanol–water partition coefficient (Wildman–Crippen LogP) is 1.07. The highest BCUT2D eigenvalue weighted by atomic mass is 16.5. The largest absolute Gasteiger partial charge is 0.490 e. The highest BCUT2D eigenvalue weighted by Crippen LogP contribution is 2.35. The molecule has 1 aromatic rings. The molecule has 0 saturated carbocycles. The summed E-state index contributed by atoms with van der Waals surface area (Å²) in [7, 11) is 0. The van der Waals surface area contributed by atoms with Gasteiger partial charge in [-0.05, 0) is 30.5 Å². The number of hydrogen-bond donors (Lipinski definition) is 1. The van der Waals surface area contributed by atoms with Crippen molar-refractivity contribution in [1.82, 2.24) is 10.2 Å². The van der Waals surface area contributed by atoms with E-state index in [2.05, 4.69) is 10.2 Å². The lowest BCUT2D eigenvalue weighted by molar-refractivity contribution is -0.125. The van der Waals surface area contributed by atoms with Crippen LogP contribution in [0.25, 0.3) is 0 Å². The summed E-state index contributed by atoms with van der Waals surface area (Å²) in [6.45, 7) is 3.31. The van der Waals surface area contributed by atoms with Crippen molar-refractivity contribution in [2.24, 2.45) is 0 Å². The molecule has 0 aromatic heterocycles. The van der Waals surface area contributed by atoms with Gasteiger partial charge in [-0.3, -0.25) is 9.69 Å². The number of morpholine rings is 1. The molecule has 0 radical (unpaired) electrons. The molecule has 22 heavy (non-hydrogen) atoms. The molecule has 6 heteroatoms. The van der Waals surface area contributed by atoms with E-state index >= 15 is 0 Å². The summed E-state index contributed by atoms with van der Waals surface area (Å²) >= 11 is 0. The van der Waals surface area contributed by atoms with E-state index in [9.17, 15) is 4.79 Å². The number of nitrogens with zero attached hydrogens (tertiary/aromatic N) is 1. The molecule has 2 unspecified atom stereocenters. The van der Waals surface area contributed by atoms with Crippen LogP contribution < -0.4 is 14.8 Å². The van der Waals surface area contributed by atoms with Crippen molar-refractivity contribution in [3.05, 3.63) is 23.8 Å². The van der Waals surface area contributed by atoms with E-state index in [1.807, 2.05) is 18.2 Å². The van der Waals surface area contributed by atoms with Gasteiger partial charge in [0.1, 0.15) is 12.2 Å². The molecule has 1 N–H and O–H groups in total. The molecule has 2 saturated heterocycles. The van der Waals surface area contributed by atoms with Crippen LogP contribution in [-0.4, -0.2) is 49.8 Å². The predicted molar refractivity (Wildman–Crippen MR) is 78.9 cm³/mol. The first-order valence-corrected chi connectivity index (χ1v) is 7.86. The molecule has 0 bridgehead atoms. The van der Waals surface area contributed by atoms with Gasteiger partial charge >= 0.3 is 0 Å². The van der Waals surface area contributed by atoms with Gasteiger partial charge in [-0.15, -0.1) is 0 Å². The van der Waals surface area contributed by atoms with Gasteiger partial charge in [0.2, 0.25) is 5.91 Å². The van der Waals surface area contributed by atoms with Gasteiger partial charge < -0.3 is 19.5 Å². The minimum atomic E-state index is -0.182. The minimum Gasteiger partial charge on any atom is -0.490 e. The Kier molecular flexibility index (Phi) is 3.63. The van der Waals surface area contributed by atoms with Crippen LogP contribution >= 0.6 is 0 Å². The van der Waals surface area contributed by atoms with E-state index in [4.69, 9.17) is 14.2 Å². The molecule has 4 rings (SSSR count). The van der Waals surface area contributed by atoms with Crippen LogP contribution in [0.15, 0.2) is 18.2 Å². The van der Waals surface area contributed by atoms with Crippen molar-refractivity contribution >= 4 is 5.91 Å². The number of carbonyl (C=O) groups is 1. The number of carbonyl (C=O) groups excluding carboxylic acids is 1. The van der Waals surface area contributed by atoms with Gasteiger partial charge in [-0.2, -0.15) is 0 Å². The Hall–Kier alpha value is -1.79. The number of nitrogens with one attached hydrogen (secondary N) is 1. The molecular formula is C16H20N2O4. The number of rotatable bonds is 1. The highest BCUT2D eigenvalue weighted by molar-refractivity contribution is 5.84. The van der Waals surface area contributed by atoms with Crippen molar-refractivity contribution in [3.63, 3.8) is 0 Å². The molecule has 2 atom stereocenters. The zero-order valence-electron chi connectivity index (χ0n) is 12.4. The maximum absolute atomic E-state index is 12.1. The van der Waals surface area contributed by atoms with E-state index < -0.39 is 0 Å². The third kappa shape index (κ3) is 2.42. The van der Waals surface area contributed by atoms with Gasteiger partial charge in [0, 0.05) is 6.54 Å². The number of hydrogen-bond acceptors (Lipinski definition) is 5. The van der Waals surface area contributed by atoms with Gasteiger partial charge in [0.05, 0.1) is 26.4 Å². The maximum atomic E-state index is 12.1. The van der Waals surface area contributed by atoms with E-state index in [0.29, 0.717) is 19.8 Å². The summed E-state index contributed by atoms with van der Waals surface area (Å²) < 4.78 is 17.0. The lowest BCUT2D eigenvalue weighted by atomic mass is 10.1. The van der Waals surface area contributed by atoms with Crippen molar-refractivity contribution in [3.8, 4) is 11.5 Å². The Labute approximate surface area is 129 Å². The average Bonchev–Trinajstić information content (AvgIpc) is 2.86. The number of benzene rings is 1. The van der Waals surface area contributed by atoms with Crippen molar-refractivity contribution in [2.75, 3.05) is 33.0 Å². The summed E-state index contributed by atoms with van der Waals surface area (Å²) in [6, 6.07) is 5.75. The second kappa shape index (κ2) is 5.78. The normalized spacial score (nSPS) is 28.5. The molecule has 0 aliphatic carbocycles. The smallest absolute Gasteiger partial charge is 0.241 e. The molecule has 3 aliphatic heterocycles. The fourth-order valence-corrected chi connectivity index (χ4v) is 3.24. The van der Waals surface area contributed by atoms with Crippen LogP contribution in [0.1, 0.15) is 24.6 Å². The first-order valence-electron chi connectivity index (χ1n) is 7.86. The molecule has 118 valence electrons. The zero-order valence-corrected chi connectivity index (χ0v) is 12.4. The van der Waals surface area contributed by atoms with Gasteiger partial charge in [0.25, 0.3) is 0 Å². The topological polar surface area (TPSA) is 60.0 Å². The Morgan fingerprint density at radius 3 is 2.77 bits per heavy atom. The minimum absolute atomic E-state index is 0.0358. The van der Waals surface area contributed by atoms with Crippen LogP contribution in [0.4, 0.5) is 0 Å². The quantitative estimate of drug-likeness (QED) is 0.841. The fraction of sp³-hybridized carbons (Fsp3) is 0.562. The first-order chi connectivity index (χ1) is 10.8. The van der Waals surface area contributed by atoms with E-state index in [0.717, 1.165) is 43.1 Å². The molecule has 1 amide bonds. The van der Waals surface area contributed by atoms with Crippen LogP contribution in [0, 0.1) is 0 Å². The van der Waals surface area contributed by atoms with Gasteiger partial charge in [-0.1, -0.05) is 6.07 Å². The number of fused-ring (bicyclic) bond motifs is 2.